The summed E-state index contributed by atoms with van der Waals surface area (Å²) in [7, 11) is 1.61. The predicted octanol–water partition coefficient (Wildman–Crippen LogP) is 6.13. The summed E-state index contributed by atoms with van der Waals surface area (Å²) in [5.41, 5.74) is 2.66. The van der Waals surface area contributed by atoms with Crippen LogP contribution in [0.2, 0.25) is 0 Å². The van der Waals surface area contributed by atoms with Crippen LogP contribution in [-0.4, -0.2) is 24.5 Å². The van der Waals surface area contributed by atoms with E-state index >= 15 is 0 Å². The third-order valence-corrected chi connectivity index (χ3v) is 6.05. The van der Waals surface area contributed by atoms with Crippen LogP contribution < -0.4 is 10.1 Å². The van der Waals surface area contributed by atoms with Crippen LogP contribution in [0, 0.1) is 5.82 Å². The van der Waals surface area contributed by atoms with Gasteiger partial charge >= 0.3 is 0 Å². The smallest absolute Gasteiger partial charge is 0.250 e. The first kappa shape index (κ1) is 21.9. The molecule has 4 rings (SSSR count). The second-order valence-electron chi connectivity index (χ2n) is 8.17. The SMILES string of the molecule is COc1cccc(NC(C(=O)N2CCCCCC2c2ccccc2)c2ccc(F)cc2)c1. The Labute approximate surface area is 189 Å². The summed E-state index contributed by atoms with van der Waals surface area (Å²) in [5.74, 6) is 0.380. The van der Waals surface area contributed by atoms with E-state index in [4.69, 9.17) is 4.74 Å². The molecule has 1 heterocycles. The second-order valence-corrected chi connectivity index (χ2v) is 8.17. The van der Waals surface area contributed by atoms with Gasteiger partial charge in [0.05, 0.1) is 13.2 Å². The molecule has 0 aliphatic carbocycles. The molecule has 1 saturated heterocycles. The number of ether oxygens (including phenoxy) is 1. The van der Waals surface area contributed by atoms with Gasteiger partial charge in [-0.05, 0) is 48.2 Å². The number of rotatable bonds is 6. The highest BCUT2D eigenvalue weighted by molar-refractivity contribution is 5.86. The molecule has 5 heteroatoms. The number of anilines is 1. The number of hydrogen-bond donors (Lipinski definition) is 1. The highest BCUT2D eigenvalue weighted by atomic mass is 19.1. The van der Waals surface area contributed by atoms with Crippen molar-refractivity contribution >= 4 is 11.6 Å². The van der Waals surface area contributed by atoms with E-state index in [0.717, 1.165) is 42.5 Å². The third-order valence-electron chi connectivity index (χ3n) is 6.05. The Morgan fingerprint density at radius 2 is 1.78 bits per heavy atom. The maximum absolute atomic E-state index is 14.0. The van der Waals surface area contributed by atoms with Crippen LogP contribution in [0.5, 0.6) is 5.75 Å². The summed E-state index contributed by atoms with van der Waals surface area (Å²) in [6.45, 7) is 0.704. The van der Waals surface area contributed by atoms with E-state index in [-0.39, 0.29) is 17.8 Å². The van der Waals surface area contributed by atoms with E-state index in [0.29, 0.717) is 12.3 Å². The molecule has 32 heavy (non-hydrogen) atoms. The molecule has 2 atom stereocenters. The van der Waals surface area contributed by atoms with Gasteiger partial charge in [-0.1, -0.05) is 61.4 Å². The fourth-order valence-electron chi connectivity index (χ4n) is 4.38. The van der Waals surface area contributed by atoms with Gasteiger partial charge in [-0.2, -0.15) is 0 Å². The normalized spacial score (nSPS) is 17.3. The van der Waals surface area contributed by atoms with E-state index in [1.54, 1.807) is 19.2 Å². The number of nitrogens with one attached hydrogen (secondary N) is 1. The molecule has 0 aromatic heterocycles. The Balaban J connectivity index is 1.69. The average molecular weight is 433 g/mol. The number of carbonyl (C=O) groups is 1. The second kappa shape index (κ2) is 10.3. The summed E-state index contributed by atoms with van der Waals surface area (Å²) < 4.78 is 19.0. The van der Waals surface area contributed by atoms with Gasteiger partial charge in [-0.3, -0.25) is 4.79 Å². The van der Waals surface area contributed by atoms with Crippen LogP contribution in [0.3, 0.4) is 0 Å². The van der Waals surface area contributed by atoms with Crippen LogP contribution in [0.25, 0.3) is 0 Å². The molecule has 1 fully saturated rings. The molecule has 3 aromatic rings. The lowest BCUT2D eigenvalue weighted by molar-refractivity contribution is -0.134. The molecule has 0 bridgehead atoms. The van der Waals surface area contributed by atoms with E-state index < -0.39 is 6.04 Å². The number of benzene rings is 3. The number of halogens is 1. The lowest BCUT2D eigenvalue weighted by Crippen LogP contribution is -2.40. The van der Waals surface area contributed by atoms with Crippen molar-refractivity contribution in [3.05, 3.63) is 95.8 Å². The van der Waals surface area contributed by atoms with Crippen molar-refractivity contribution in [2.75, 3.05) is 19.0 Å². The minimum absolute atomic E-state index is 0.00446. The fraction of sp³-hybridized carbons (Fsp3) is 0.296. The van der Waals surface area contributed by atoms with Crippen molar-refractivity contribution < 1.29 is 13.9 Å². The number of amides is 1. The van der Waals surface area contributed by atoms with Crippen LogP contribution in [-0.2, 0) is 4.79 Å². The average Bonchev–Trinajstić information content (AvgIpc) is 3.10. The van der Waals surface area contributed by atoms with Gasteiger partial charge in [0.1, 0.15) is 17.6 Å². The molecule has 3 aromatic carbocycles. The van der Waals surface area contributed by atoms with Gasteiger partial charge in [-0.25, -0.2) is 4.39 Å². The lowest BCUT2D eigenvalue weighted by Gasteiger charge is -2.34. The van der Waals surface area contributed by atoms with Crippen molar-refractivity contribution in [1.29, 1.82) is 0 Å². The van der Waals surface area contributed by atoms with Crippen molar-refractivity contribution in [1.82, 2.24) is 4.90 Å². The van der Waals surface area contributed by atoms with Gasteiger partial charge < -0.3 is 15.0 Å². The van der Waals surface area contributed by atoms with Crippen molar-refractivity contribution in [2.45, 2.75) is 37.8 Å². The number of carbonyl (C=O) groups excluding carboxylic acids is 1. The first-order valence-corrected chi connectivity index (χ1v) is 11.2. The van der Waals surface area contributed by atoms with E-state index in [2.05, 4.69) is 17.4 Å². The maximum Gasteiger partial charge on any atom is 0.250 e. The molecule has 0 radical (unpaired) electrons. The zero-order chi connectivity index (χ0) is 22.3. The molecule has 1 aliphatic rings. The quantitative estimate of drug-likeness (QED) is 0.509. The van der Waals surface area contributed by atoms with Crippen LogP contribution in [0.4, 0.5) is 10.1 Å². The van der Waals surface area contributed by atoms with Gasteiger partial charge in [-0.15, -0.1) is 0 Å². The summed E-state index contributed by atoms with van der Waals surface area (Å²) in [6, 6.07) is 23.3. The molecule has 166 valence electrons. The molecule has 4 nitrogen and oxygen atoms in total. The van der Waals surface area contributed by atoms with E-state index in [1.165, 1.54) is 12.1 Å². The molecule has 1 aliphatic heterocycles. The summed E-state index contributed by atoms with van der Waals surface area (Å²) in [4.78, 5) is 16.0. The third kappa shape index (κ3) is 5.10. The zero-order valence-corrected chi connectivity index (χ0v) is 18.3. The van der Waals surface area contributed by atoms with Gasteiger partial charge in [0.2, 0.25) is 5.91 Å². The largest absolute Gasteiger partial charge is 0.497 e. The summed E-state index contributed by atoms with van der Waals surface area (Å²) in [5, 5.41) is 3.39. The predicted molar refractivity (Wildman–Crippen MR) is 125 cm³/mol. The minimum atomic E-state index is -0.632. The monoisotopic (exact) mass is 432 g/mol. The summed E-state index contributed by atoms with van der Waals surface area (Å²) in [6.07, 6.45) is 4.11. The Morgan fingerprint density at radius 1 is 1.00 bits per heavy atom. The molecule has 0 spiro atoms. The number of hydrogen-bond acceptors (Lipinski definition) is 3. The number of nitrogens with zero attached hydrogens (tertiary/aromatic N) is 1. The first-order chi connectivity index (χ1) is 15.7. The van der Waals surface area contributed by atoms with Crippen molar-refractivity contribution in [2.24, 2.45) is 0 Å². The zero-order valence-electron chi connectivity index (χ0n) is 18.3. The Hall–Kier alpha value is -3.34. The van der Waals surface area contributed by atoms with Gasteiger partial charge in [0.25, 0.3) is 0 Å². The van der Waals surface area contributed by atoms with Crippen molar-refractivity contribution in [3.63, 3.8) is 0 Å². The van der Waals surface area contributed by atoms with Gasteiger partial charge in [0, 0.05) is 18.3 Å². The molecule has 1 N–H and O–H groups in total. The van der Waals surface area contributed by atoms with Gasteiger partial charge in [0.15, 0.2) is 0 Å². The van der Waals surface area contributed by atoms with E-state index in [1.807, 2.05) is 47.4 Å². The maximum atomic E-state index is 14.0. The Morgan fingerprint density at radius 3 is 2.53 bits per heavy atom. The van der Waals surface area contributed by atoms with Crippen LogP contribution in [0.15, 0.2) is 78.9 Å². The molecule has 1 amide bonds. The Kier molecular flexibility index (Phi) is 7.05. The first-order valence-electron chi connectivity index (χ1n) is 11.2. The topological polar surface area (TPSA) is 41.6 Å². The van der Waals surface area contributed by atoms with Crippen LogP contribution in [0.1, 0.15) is 48.9 Å². The number of likely N-dealkylation sites (tertiary alicyclic amines) is 1. The molecular formula is C27H29FN2O2. The van der Waals surface area contributed by atoms with Crippen LogP contribution >= 0.6 is 0 Å². The highest BCUT2D eigenvalue weighted by Crippen LogP contribution is 2.34. The fourth-order valence-corrected chi connectivity index (χ4v) is 4.38. The lowest BCUT2D eigenvalue weighted by atomic mass is 9.98. The summed E-state index contributed by atoms with van der Waals surface area (Å²) >= 11 is 0. The highest BCUT2D eigenvalue weighted by Gasteiger charge is 2.32. The minimum Gasteiger partial charge on any atom is -0.497 e. The molecule has 2 unspecified atom stereocenters. The molecular weight excluding hydrogens is 403 g/mol. The van der Waals surface area contributed by atoms with E-state index in [9.17, 15) is 9.18 Å². The van der Waals surface area contributed by atoms with Crippen molar-refractivity contribution in [3.8, 4) is 5.75 Å². The Bertz CT molecular complexity index is 1020. The molecule has 0 saturated carbocycles. The number of methoxy groups -OCH3 is 1. The standard InChI is InChI=1S/C27H29FN2O2/c1-32-24-12-8-11-23(19-24)29-26(21-14-16-22(28)17-15-21)27(31)30-18-7-3-6-13-25(30)20-9-4-2-5-10-20/h2,4-5,8-12,14-17,19,25-26,29H,3,6-7,13,18H2,1H3.